The molecule has 1 rings (SSSR count). The molecule has 0 unspecified atom stereocenters. The third kappa shape index (κ3) is 7.12. The number of hydrogen-bond acceptors (Lipinski definition) is 2. The van der Waals surface area contributed by atoms with Crippen molar-refractivity contribution in [2.24, 2.45) is 0 Å². The smallest absolute Gasteiger partial charge is 0.0102 e. The highest BCUT2D eigenvalue weighted by atomic mass is 32.1. The fourth-order valence-corrected chi connectivity index (χ4v) is 3.09. The monoisotopic (exact) mass is 281 g/mol. The Bertz CT molecular complexity index is 365. The molecule has 0 amide bonds. The summed E-state index contributed by atoms with van der Waals surface area (Å²) in [5, 5.41) is 3.55. The third-order valence-electron chi connectivity index (χ3n) is 3.16. The second-order valence-electron chi connectivity index (χ2n) is 7.50. The van der Waals surface area contributed by atoms with E-state index in [1.165, 1.54) is 30.6 Å². The van der Waals surface area contributed by atoms with Crippen LogP contribution in [0.1, 0.15) is 70.6 Å². The van der Waals surface area contributed by atoms with Gasteiger partial charge in [-0.05, 0) is 64.1 Å². The quantitative estimate of drug-likeness (QED) is 0.711. The van der Waals surface area contributed by atoms with Crippen molar-refractivity contribution in [3.05, 3.63) is 21.9 Å². The highest BCUT2D eigenvalue weighted by Gasteiger charge is 2.15. The van der Waals surface area contributed by atoms with Gasteiger partial charge in [0.2, 0.25) is 0 Å². The highest BCUT2D eigenvalue weighted by Crippen LogP contribution is 2.30. The normalized spacial score (nSPS) is 12.9. The van der Waals surface area contributed by atoms with E-state index in [0.29, 0.717) is 5.41 Å². The molecular formula is C17H31NS. The Morgan fingerprint density at radius 2 is 1.63 bits per heavy atom. The molecule has 0 saturated heterocycles. The minimum atomic E-state index is 0.259. The zero-order valence-corrected chi connectivity index (χ0v) is 14.4. The minimum absolute atomic E-state index is 0.259. The number of aryl methyl sites for hydroxylation is 1. The summed E-state index contributed by atoms with van der Waals surface area (Å²) in [6.45, 7) is 14.7. The predicted octanol–water partition coefficient (Wildman–Crippen LogP) is 5.15. The van der Waals surface area contributed by atoms with Crippen LogP contribution in [0.5, 0.6) is 0 Å². The van der Waals surface area contributed by atoms with Crippen LogP contribution in [0.15, 0.2) is 12.1 Å². The van der Waals surface area contributed by atoms with Crippen molar-refractivity contribution in [1.82, 2.24) is 5.32 Å². The summed E-state index contributed by atoms with van der Waals surface area (Å²) in [6, 6.07) is 4.62. The van der Waals surface area contributed by atoms with E-state index in [-0.39, 0.29) is 5.54 Å². The molecule has 1 nitrogen and oxygen atoms in total. The zero-order chi connectivity index (χ0) is 14.5. The second kappa shape index (κ2) is 6.90. The van der Waals surface area contributed by atoms with Crippen molar-refractivity contribution in [2.75, 3.05) is 6.54 Å². The summed E-state index contributed by atoms with van der Waals surface area (Å²) < 4.78 is 0. The number of unbranched alkanes of at least 4 members (excludes halogenated alkanes) is 2. The van der Waals surface area contributed by atoms with E-state index in [0.717, 1.165) is 6.54 Å². The lowest BCUT2D eigenvalue weighted by Crippen LogP contribution is -2.36. The molecule has 1 N–H and O–H groups in total. The summed E-state index contributed by atoms with van der Waals surface area (Å²) in [5.41, 5.74) is 0.564. The van der Waals surface area contributed by atoms with Crippen LogP contribution in [0, 0.1) is 0 Å². The van der Waals surface area contributed by atoms with Crippen LogP contribution in [0.3, 0.4) is 0 Å². The summed E-state index contributed by atoms with van der Waals surface area (Å²) >= 11 is 1.99. The van der Waals surface area contributed by atoms with Crippen molar-refractivity contribution in [3.63, 3.8) is 0 Å². The molecule has 0 aromatic carbocycles. The molecule has 0 bridgehead atoms. The largest absolute Gasteiger partial charge is 0.312 e. The molecule has 0 radical (unpaired) electrons. The number of rotatable bonds is 6. The lowest BCUT2D eigenvalue weighted by atomic mass is 9.95. The first-order chi connectivity index (χ1) is 8.68. The fraction of sp³-hybridized carbons (Fsp3) is 0.765. The second-order valence-corrected chi connectivity index (χ2v) is 8.67. The van der Waals surface area contributed by atoms with Gasteiger partial charge in [-0.15, -0.1) is 11.3 Å². The Kier molecular flexibility index (Phi) is 6.07. The van der Waals surface area contributed by atoms with Crippen LogP contribution in [0.4, 0.5) is 0 Å². The molecule has 1 aromatic rings. The molecule has 0 saturated carbocycles. The summed E-state index contributed by atoms with van der Waals surface area (Å²) in [6.07, 6.45) is 5.17. The molecule has 0 aliphatic carbocycles. The third-order valence-corrected chi connectivity index (χ3v) is 4.73. The summed E-state index contributed by atoms with van der Waals surface area (Å²) in [5.74, 6) is 0. The molecule has 1 heterocycles. The SMILES string of the molecule is CC(C)(C)NCCCCCc1ccc(C(C)(C)C)s1. The van der Waals surface area contributed by atoms with Crippen molar-refractivity contribution in [1.29, 1.82) is 0 Å². The van der Waals surface area contributed by atoms with Crippen LogP contribution in [-0.2, 0) is 11.8 Å². The number of nitrogens with one attached hydrogen (secondary N) is 1. The van der Waals surface area contributed by atoms with E-state index in [9.17, 15) is 0 Å². The van der Waals surface area contributed by atoms with Gasteiger partial charge in [-0.2, -0.15) is 0 Å². The Morgan fingerprint density at radius 3 is 2.16 bits per heavy atom. The first-order valence-corrected chi connectivity index (χ1v) is 8.34. The lowest BCUT2D eigenvalue weighted by Gasteiger charge is -2.20. The zero-order valence-electron chi connectivity index (χ0n) is 13.6. The molecule has 19 heavy (non-hydrogen) atoms. The van der Waals surface area contributed by atoms with E-state index in [4.69, 9.17) is 0 Å². The van der Waals surface area contributed by atoms with Gasteiger partial charge in [0, 0.05) is 15.3 Å². The van der Waals surface area contributed by atoms with Crippen molar-refractivity contribution in [3.8, 4) is 0 Å². The molecule has 110 valence electrons. The Morgan fingerprint density at radius 1 is 0.947 bits per heavy atom. The average molecular weight is 282 g/mol. The Balaban J connectivity index is 2.18. The van der Waals surface area contributed by atoms with Gasteiger partial charge in [0.1, 0.15) is 0 Å². The average Bonchev–Trinajstić information content (AvgIpc) is 2.69. The van der Waals surface area contributed by atoms with Crippen molar-refractivity contribution in [2.45, 2.75) is 78.2 Å². The van der Waals surface area contributed by atoms with E-state index in [1.807, 2.05) is 11.3 Å². The van der Waals surface area contributed by atoms with E-state index < -0.39 is 0 Å². The van der Waals surface area contributed by atoms with Gasteiger partial charge >= 0.3 is 0 Å². The molecule has 0 aliphatic rings. The van der Waals surface area contributed by atoms with E-state index >= 15 is 0 Å². The van der Waals surface area contributed by atoms with E-state index in [1.54, 1.807) is 4.88 Å². The molecule has 0 fully saturated rings. The van der Waals surface area contributed by atoms with Crippen molar-refractivity contribution >= 4 is 11.3 Å². The highest BCUT2D eigenvalue weighted by molar-refractivity contribution is 7.12. The molecule has 1 aromatic heterocycles. The fourth-order valence-electron chi connectivity index (χ4n) is 1.98. The number of hydrogen-bond donors (Lipinski definition) is 1. The maximum atomic E-state index is 3.55. The van der Waals surface area contributed by atoms with Crippen LogP contribution in [0.2, 0.25) is 0 Å². The van der Waals surface area contributed by atoms with Crippen LogP contribution in [0.25, 0.3) is 0 Å². The molecule has 0 spiro atoms. The van der Waals surface area contributed by atoms with Crippen LogP contribution >= 0.6 is 11.3 Å². The summed E-state index contributed by atoms with van der Waals surface area (Å²) in [7, 11) is 0. The maximum absolute atomic E-state index is 3.55. The van der Waals surface area contributed by atoms with Crippen LogP contribution in [-0.4, -0.2) is 12.1 Å². The Hall–Kier alpha value is -0.340. The van der Waals surface area contributed by atoms with Gasteiger partial charge in [0.25, 0.3) is 0 Å². The van der Waals surface area contributed by atoms with Gasteiger partial charge < -0.3 is 5.32 Å². The van der Waals surface area contributed by atoms with Crippen molar-refractivity contribution < 1.29 is 0 Å². The van der Waals surface area contributed by atoms with Crippen LogP contribution < -0.4 is 5.32 Å². The summed E-state index contributed by atoms with van der Waals surface area (Å²) in [4.78, 5) is 3.06. The molecule has 2 heteroatoms. The standard InChI is InChI=1S/C17H31NS/c1-16(2,3)15-12-11-14(19-15)10-8-7-9-13-18-17(4,5)6/h11-12,18H,7-10,13H2,1-6H3. The Labute approximate surface area is 123 Å². The van der Waals surface area contributed by atoms with Gasteiger partial charge in [0.15, 0.2) is 0 Å². The predicted molar refractivity (Wildman–Crippen MR) is 88.3 cm³/mol. The van der Waals surface area contributed by atoms with E-state index in [2.05, 4.69) is 59.0 Å². The lowest BCUT2D eigenvalue weighted by molar-refractivity contribution is 0.417. The first-order valence-electron chi connectivity index (χ1n) is 7.53. The molecule has 0 aliphatic heterocycles. The molecular weight excluding hydrogens is 250 g/mol. The van der Waals surface area contributed by atoms with Gasteiger partial charge in [-0.1, -0.05) is 27.2 Å². The molecule has 0 atom stereocenters. The maximum Gasteiger partial charge on any atom is 0.0102 e. The first kappa shape index (κ1) is 16.7. The minimum Gasteiger partial charge on any atom is -0.312 e. The number of thiophene rings is 1. The van der Waals surface area contributed by atoms with Gasteiger partial charge in [-0.25, -0.2) is 0 Å². The van der Waals surface area contributed by atoms with Gasteiger partial charge in [-0.3, -0.25) is 0 Å². The topological polar surface area (TPSA) is 12.0 Å². The van der Waals surface area contributed by atoms with Gasteiger partial charge in [0.05, 0.1) is 0 Å².